The summed E-state index contributed by atoms with van der Waals surface area (Å²) in [4.78, 5) is 17.6. The summed E-state index contributed by atoms with van der Waals surface area (Å²) in [5.41, 5.74) is 9.46. The van der Waals surface area contributed by atoms with E-state index < -0.39 is 0 Å². The number of rotatable bonds is 4. The molecule has 2 N–H and O–H groups in total. The van der Waals surface area contributed by atoms with Crippen molar-refractivity contribution in [3.8, 4) is 34.0 Å². The maximum atomic E-state index is 6.24. The second kappa shape index (κ2) is 7.28. The number of nitrogen functional groups attached to an aromatic ring is 1. The Morgan fingerprint density at radius 1 is 0.714 bits per heavy atom. The molecule has 0 fully saturated rings. The Morgan fingerprint density at radius 3 is 1.71 bits per heavy atom. The summed E-state index contributed by atoms with van der Waals surface area (Å²) in [7, 11) is 3.24. The van der Waals surface area contributed by atoms with Gasteiger partial charge in [-0.25, -0.2) is 9.97 Å². The van der Waals surface area contributed by atoms with Crippen molar-refractivity contribution in [1.29, 1.82) is 0 Å². The van der Waals surface area contributed by atoms with Crippen LogP contribution in [-0.4, -0.2) is 34.2 Å². The second-order valence-corrected chi connectivity index (χ2v) is 6.28. The van der Waals surface area contributed by atoms with Crippen molar-refractivity contribution in [2.45, 2.75) is 0 Å². The first kappa shape index (κ1) is 17.9. The van der Waals surface area contributed by atoms with Gasteiger partial charge in [0.25, 0.3) is 0 Å². The topological polar surface area (TPSA) is 96.0 Å². The monoisotopic (exact) mass is 393 g/mol. The van der Waals surface area contributed by atoms with Gasteiger partial charge in [-0.1, -0.05) is 11.6 Å². The van der Waals surface area contributed by atoms with Gasteiger partial charge in [-0.3, -0.25) is 0 Å². The van der Waals surface area contributed by atoms with Gasteiger partial charge in [0.1, 0.15) is 17.0 Å². The average molecular weight is 394 g/mol. The van der Waals surface area contributed by atoms with Crippen LogP contribution in [0.2, 0.25) is 5.15 Å². The maximum absolute atomic E-state index is 6.24. The molecule has 0 aliphatic heterocycles. The van der Waals surface area contributed by atoms with Gasteiger partial charge in [0.2, 0.25) is 5.95 Å². The van der Waals surface area contributed by atoms with E-state index in [4.69, 9.17) is 36.8 Å². The number of hydrogen-bond donors (Lipinski definition) is 1. The average Bonchev–Trinajstić information content (AvgIpc) is 2.73. The fraction of sp³-hybridized carbons (Fsp3) is 0.100. The van der Waals surface area contributed by atoms with Crippen molar-refractivity contribution in [2.24, 2.45) is 0 Å². The molecular weight excluding hydrogens is 378 g/mol. The molecule has 0 aliphatic rings. The molecule has 0 saturated carbocycles. The molecule has 4 rings (SSSR count). The second-order valence-electron chi connectivity index (χ2n) is 5.92. The molecule has 2 heterocycles. The molecule has 8 heteroatoms. The van der Waals surface area contributed by atoms with Gasteiger partial charge in [-0.15, -0.1) is 0 Å². The summed E-state index contributed by atoms with van der Waals surface area (Å²) < 4.78 is 10.5. The smallest absolute Gasteiger partial charge is 0.223 e. The quantitative estimate of drug-likeness (QED) is 0.523. The number of benzene rings is 2. The number of ether oxygens (including phenoxy) is 2. The molecule has 2 aromatic heterocycles. The van der Waals surface area contributed by atoms with Crippen LogP contribution in [0, 0.1) is 0 Å². The zero-order chi connectivity index (χ0) is 19.7. The highest BCUT2D eigenvalue weighted by molar-refractivity contribution is 6.33. The third-order valence-corrected chi connectivity index (χ3v) is 4.50. The molecule has 140 valence electrons. The van der Waals surface area contributed by atoms with Crippen LogP contribution in [0.5, 0.6) is 11.5 Å². The van der Waals surface area contributed by atoms with Crippen molar-refractivity contribution in [2.75, 3.05) is 20.0 Å². The van der Waals surface area contributed by atoms with Crippen LogP contribution in [-0.2, 0) is 0 Å². The number of anilines is 1. The Hall–Kier alpha value is -3.45. The van der Waals surface area contributed by atoms with Crippen molar-refractivity contribution in [1.82, 2.24) is 19.9 Å². The highest BCUT2D eigenvalue weighted by Crippen LogP contribution is 2.33. The lowest BCUT2D eigenvalue weighted by molar-refractivity contribution is 0.414. The van der Waals surface area contributed by atoms with Crippen molar-refractivity contribution < 1.29 is 9.47 Å². The maximum Gasteiger partial charge on any atom is 0.223 e. The van der Waals surface area contributed by atoms with E-state index >= 15 is 0 Å². The minimum Gasteiger partial charge on any atom is -0.497 e. The minimum absolute atomic E-state index is 0.0460. The number of nitrogens with two attached hydrogens (primary N) is 1. The van der Waals surface area contributed by atoms with Crippen LogP contribution < -0.4 is 15.2 Å². The highest BCUT2D eigenvalue weighted by Gasteiger charge is 2.17. The van der Waals surface area contributed by atoms with Gasteiger partial charge >= 0.3 is 0 Å². The first-order valence-electron chi connectivity index (χ1n) is 8.38. The molecule has 28 heavy (non-hydrogen) atoms. The standard InChI is InChI=1S/C20H16ClN5O2/c1-27-13-7-3-11(4-8-13)15-16(12-5-9-14(28-2)10-6-12)24-19-17(23-15)18(21)25-20(22)26-19/h3-10H,1-2H3,(H2,22,24,25,26). The summed E-state index contributed by atoms with van der Waals surface area (Å²) in [5.74, 6) is 1.54. The van der Waals surface area contributed by atoms with E-state index in [0.717, 1.165) is 22.6 Å². The third kappa shape index (κ3) is 3.27. The summed E-state index contributed by atoms with van der Waals surface area (Å²) >= 11 is 6.24. The van der Waals surface area contributed by atoms with Gasteiger partial charge < -0.3 is 15.2 Å². The Labute approximate surface area is 166 Å². The normalized spacial score (nSPS) is 10.8. The molecule has 0 saturated heterocycles. The predicted molar refractivity (Wildman–Crippen MR) is 109 cm³/mol. The first-order valence-corrected chi connectivity index (χ1v) is 8.76. The number of aromatic nitrogens is 4. The molecule has 0 unspecified atom stereocenters. The van der Waals surface area contributed by atoms with Gasteiger partial charge in [-0.05, 0) is 48.5 Å². The van der Waals surface area contributed by atoms with E-state index in [2.05, 4.69) is 9.97 Å². The first-order chi connectivity index (χ1) is 13.6. The van der Waals surface area contributed by atoms with Crippen LogP contribution in [0.3, 0.4) is 0 Å². The predicted octanol–water partition coefficient (Wildman–Crippen LogP) is 4.01. The fourth-order valence-corrected chi connectivity index (χ4v) is 3.04. The van der Waals surface area contributed by atoms with E-state index in [1.807, 2.05) is 48.5 Å². The van der Waals surface area contributed by atoms with Gasteiger partial charge in [0.15, 0.2) is 10.8 Å². The summed E-state index contributed by atoms with van der Waals surface area (Å²) in [6, 6.07) is 15.1. The van der Waals surface area contributed by atoms with Crippen LogP contribution in [0.4, 0.5) is 5.95 Å². The number of methoxy groups -OCH3 is 2. The van der Waals surface area contributed by atoms with E-state index in [0.29, 0.717) is 22.6 Å². The largest absolute Gasteiger partial charge is 0.497 e. The van der Waals surface area contributed by atoms with E-state index in [9.17, 15) is 0 Å². The van der Waals surface area contributed by atoms with Gasteiger partial charge in [0.05, 0.1) is 25.6 Å². The lowest BCUT2D eigenvalue weighted by Gasteiger charge is -2.12. The number of nitrogens with zero attached hydrogens (tertiary/aromatic N) is 4. The summed E-state index contributed by atoms with van der Waals surface area (Å²) in [6.45, 7) is 0. The molecule has 0 amide bonds. The molecule has 0 atom stereocenters. The zero-order valence-corrected chi connectivity index (χ0v) is 15.9. The fourth-order valence-electron chi connectivity index (χ4n) is 2.83. The van der Waals surface area contributed by atoms with Crippen molar-refractivity contribution >= 4 is 28.7 Å². The van der Waals surface area contributed by atoms with Crippen LogP contribution >= 0.6 is 11.6 Å². The molecule has 0 radical (unpaired) electrons. The Morgan fingerprint density at radius 2 is 1.21 bits per heavy atom. The zero-order valence-electron chi connectivity index (χ0n) is 15.2. The lowest BCUT2D eigenvalue weighted by Crippen LogP contribution is -2.02. The molecule has 0 bridgehead atoms. The summed E-state index contributed by atoms with van der Waals surface area (Å²) in [6.07, 6.45) is 0. The number of fused-ring (bicyclic) bond motifs is 1. The van der Waals surface area contributed by atoms with E-state index in [1.165, 1.54) is 0 Å². The van der Waals surface area contributed by atoms with Crippen LogP contribution in [0.15, 0.2) is 48.5 Å². The van der Waals surface area contributed by atoms with Crippen molar-refractivity contribution in [3.05, 3.63) is 53.7 Å². The molecule has 0 spiro atoms. The summed E-state index contributed by atoms with van der Waals surface area (Å²) in [5, 5.41) is 0.158. The Balaban J connectivity index is 1.98. The molecule has 7 nitrogen and oxygen atoms in total. The Kier molecular flexibility index (Phi) is 4.67. The lowest BCUT2D eigenvalue weighted by atomic mass is 10.0. The molecule has 2 aromatic carbocycles. The van der Waals surface area contributed by atoms with E-state index in [1.54, 1.807) is 14.2 Å². The van der Waals surface area contributed by atoms with Crippen LogP contribution in [0.25, 0.3) is 33.7 Å². The molecular formula is C20H16ClN5O2. The van der Waals surface area contributed by atoms with Crippen LogP contribution in [0.1, 0.15) is 0 Å². The number of halogens is 1. The minimum atomic E-state index is 0.0460. The van der Waals surface area contributed by atoms with E-state index in [-0.39, 0.29) is 11.1 Å². The molecule has 0 aliphatic carbocycles. The molecule has 4 aromatic rings. The number of hydrogen-bond acceptors (Lipinski definition) is 7. The van der Waals surface area contributed by atoms with Gasteiger partial charge in [-0.2, -0.15) is 9.97 Å². The third-order valence-electron chi connectivity index (χ3n) is 4.23. The van der Waals surface area contributed by atoms with Gasteiger partial charge in [0, 0.05) is 11.1 Å². The SMILES string of the molecule is COc1ccc(-c2nc3nc(N)nc(Cl)c3nc2-c2ccc(OC)cc2)cc1. The highest BCUT2D eigenvalue weighted by atomic mass is 35.5. The van der Waals surface area contributed by atoms with Crippen molar-refractivity contribution in [3.63, 3.8) is 0 Å². The Bertz CT molecular complexity index is 1150.